The summed E-state index contributed by atoms with van der Waals surface area (Å²) < 4.78 is 16.2. The van der Waals surface area contributed by atoms with Crippen LogP contribution >= 0.6 is 11.3 Å². The number of amides is 3. The number of allylic oxidation sites excluding steroid dienone is 1. The molecule has 7 rings (SSSR count). The van der Waals surface area contributed by atoms with E-state index in [0.717, 1.165) is 24.8 Å². The summed E-state index contributed by atoms with van der Waals surface area (Å²) in [5, 5.41) is 28.0. The molecule has 15 nitrogen and oxygen atoms in total. The van der Waals surface area contributed by atoms with Crippen molar-refractivity contribution in [3.63, 3.8) is 0 Å². The number of ether oxygens (including phenoxy) is 3. The minimum absolute atomic E-state index is 0.0536. The molecule has 1 saturated carbocycles. The lowest BCUT2D eigenvalue weighted by atomic mass is 10.0. The van der Waals surface area contributed by atoms with Gasteiger partial charge in [0.1, 0.15) is 45.9 Å². The third kappa shape index (κ3) is 7.33. The van der Waals surface area contributed by atoms with Crippen molar-refractivity contribution < 1.29 is 38.5 Å². The Morgan fingerprint density at radius 2 is 1.94 bits per heavy atom. The van der Waals surface area contributed by atoms with Crippen molar-refractivity contribution in [1.82, 2.24) is 35.5 Å². The van der Waals surface area contributed by atoms with Gasteiger partial charge in [-0.25, -0.2) is 14.6 Å². The lowest BCUT2D eigenvalue weighted by Crippen LogP contribution is -2.56. The zero-order valence-corrected chi connectivity index (χ0v) is 29.0. The molecule has 3 N–H and O–H groups in total. The van der Waals surface area contributed by atoms with Crippen molar-refractivity contribution in [3.05, 3.63) is 48.0 Å². The number of nitrogens with one attached hydrogen (secondary N) is 2. The molecule has 3 aliphatic heterocycles. The highest BCUT2D eigenvalue weighted by atomic mass is 32.1. The van der Waals surface area contributed by atoms with Gasteiger partial charge in [-0.05, 0) is 49.9 Å². The highest BCUT2D eigenvalue weighted by Gasteiger charge is 2.61. The van der Waals surface area contributed by atoms with Crippen LogP contribution in [0, 0.1) is 5.92 Å². The Kier molecular flexibility index (Phi) is 10.0. The predicted molar refractivity (Wildman–Crippen MR) is 184 cm³/mol. The summed E-state index contributed by atoms with van der Waals surface area (Å²) in [6.07, 6.45) is 8.70. The van der Waals surface area contributed by atoms with Gasteiger partial charge >= 0.3 is 12.1 Å². The number of nitrogens with zero attached hydrogens (tertiary/aromatic N) is 5. The van der Waals surface area contributed by atoms with Crippen LogP contribution in [0.2, 0.25) is 0 Å². The SMILES string of the molecule is COc1ccc(-c2nn([C@@H]3C[C@H]4C(=O)N[C@@]5(C(=O)O)C[C@@H]5/C=C\CCCCC[C@@H](NC(=O)O[C@H]5CCOC5)C(=O)N4C3)nc2-c2nccs2)cc1. The lowest BCUT2D eigenvalue weighted by molar-refractivity contribution is -0.145. The van der Waals surface area contributed by atoms with E-state index in [4.69, 9.17) is 24.4 Å². The zero-order valence-electron chi connectivity index (χ0n) is 28.2. The average Bonchev–Trinajstić information content (AvgIpc) is 3.77. The Morgan fingerprint density at radius 1 is 1.12 bits per heavy atom. The van der Waals surface area contributed by atoms with Crippen LogP contribution in [-0.2, 0) is 23.9 Å². The first kappa shape index (κ1) is 34.6. The first-order chi connectivity index (χ1) is 24.8. The molecule has 1 aromatic carbocycles. The van der Waals surface area contributed by atoms with Gasteiger partial charge < -0.3 is 34.9 Å². The topological polar surface area (TPSA) is 187 Å². The van der Waals surface area contributed by atoms with Crippen molar-refractivity contribution in [2.75, 3.05) is 26.9 Å². The van der Waals surface area contributed by atoms with E-state index in [0.29, 0.717) is 54.6 Å². The summed E-state index contributed by atoms with van der Waals surface area (Å²) in [4.78, 5) is 61.5. The van der Waals surface area contributed by atoms with Crippen LogP contribution in [-0.4, -0.2) is 104 Å². The largest absolute Gasteiger partial charge is 0.497 e. The third-order valence-electron chi connectivity index (χ3n) is 10.0. The molecule has 0 bridgehead atoms. The third-order valence-corrected chi connectivity index (χ3v) is 10.8. The maximum Gasteiger partial charge on any atom is 0.408 e. The summed E-state index contributed by atoms with van der Waals surface area (Å²) >= 11 is 1.41. The molecule has 2 aromatic heterocycles. The molecule has 3 fully saturated rings. The van der Waals surface area contributed by atoms with Gasteiger partial charge in [-0.3, -0.25) is 9.59 Å². The number of carbonyl (C=O) groups excluding carboxylic acids is 3. The van der Waals surface area contributed by atoms with Crippen LogP contribution < -0.4 is 15.4 Å². The molecule has 4 aliphatic rings. The molecule has 2 saturated heterocycles. The maximum atomic E-state index is 14.5. The van der Waals surface area contributed by atoms with Gasteiger partial charge in [0.25, 0.3) is 0 Å². The number of aliphatic carboxylic acids is 1. The highest BCUT2D eigenvalue weighted by Crippen LogP contribution is 2.46. The molecule has 0 spiro atoms. The standard InChI is InChI=1S/C35H41N7O8S/c1-48-24-11-9-21(10-12-24)28-29(31-36-14-16-51-31)40-42(39-28)23-17-27-30(43)38-35(33(45)46)18-22(35)7-5-3-2-4-6-8-26(32(44)41(27)19-23)37-34(47)50-25-13-15-49-20-25/h5,7,9-12,14,16,22-23,25-27H,2-4,6,8,13,15,17-20H2,1H3,(H,37,47)(H,38,43)(H,45,46)/b7-5-/t22-,23+,25-,26+,27-,35-/m0/s1. The number of thiazole rings is 1. The van der Waals surface area contributed by atoms with Gasteiger partial charge in [0.2, 0.25) is 11.8 Å². The van der Waals surface area contributed by atoms with Gasteiger partial charge in [-0.1, -0.05) is 25.0 Å². The number of benzene rings is 1. The monoisotopic (exact) mass is 719 g/mol. The van der Waals surface area contributed by atoms with Crippen LogP contribution in [0.3, 0.4) is 0 Å². The number of aromatic nitrogens is 4. The quantitative estimate of drug-likeness (QED) is 0.303. The van der Waals surface area contributed by atoms with Crippen molar-refractivity contribution in [2.24, 2.45) is 5.92 Å². The number of carbonyl (C=O) groups is 4. The molecule has 1 aliphatic carbocycles. The number of rotatable bonds is 7. The summed E-state index contributed by atoms with van der Waals surface area (Å²) in [7, 11) is 1.59. The second-order valence-electron chi connectivity index (χ2n) is 13.4. The van der Waals surface area contributed by atoms with E-state index in [1.807, 2.05) is 41.8 Å². The smallest absolute Gasteiger partial charge is 0.408 e. The van der Waals surface area contributed by atoms with Gasteiger partial charge in [0.15, 0.2) is 0 Å². The molecule has 0 radical (unpaired) electrons. The highest BCUT2D eigenvalue weighted by molar-refractivity contribution is 7.13. The van der Waals surface area contributed by atoms with Crippen molar-refractivity contribution in [2.45, 2.75) is 81.1 Å². The van der Waals surface area contributed by atoms with Crippen LogP contribution in [0.15, 0.2) is 48.0 Å². The van der Waals surface area contributed by atoms with Crippen LogP contribution in [0.1, 0.15) is 57.4 Å². The molecule has 270 valence electrons. The van der Waals surface area contributed by atoms with Crippen LogP contribution in [0.4, 0.5) is 4.79 Å². The molecule has 3 amide bonds. The van der Waals surface area contributed by atoms with E-state index in [-0.39, 0.29) is 25.3 Å². The minimum Gasteiger partial charge on any atom is -0.497 e. The van der Waals surface area contributed by atoms with Crippen LogP contribution in [0.25, 0.3) is 22.0 Å². The fraction of sp³-hybridized carbons (Fsp3) is 0.514. The fourth-order valence-electron chi connectivity index (χ4n) is 7.09. The average molecular weight is 720 g/mol. The number of carboxylic acids is 1. The lowest BCUT2D eigenvalue weighted by Gasteiger charge is -2.29. The molecular weight excluding hydrogens is 678 g/mol. The fourth-order valence-corrected chi connectivity index (χ4v) is 7.71. The summed E-state index contributed by atoms with van der Waals surface area (Å²) in [6.45, 7) is 0.837. The second-order valence-corrected chi connectivity index (χ2v) is 14.3. The summed E-state index contributed by atoms with van der Waals surface area (Å²) in [6, 6.07) is 4.84. The molecule has 5 heterocycles. The van der Waals surface area contributed by atoms with E-state index in [9.17, 15) is 24.3 Å². The maximum absolute atomic E-state index is 14.5. The second kappa shape index (κ2) is 14.8. The Balaban J connectivity index is 1.21. The Labute approximate surface area is 298 Å². The van der Waals surface area contributed by atoms with Crippen molar-refractivity contribution in [3.8, 4) is 27.7 Å². The number of alkyl carbamates (subject to hydrolysis) is 1. The van der Waals surface area contributed by atoms with Crippen molar-refractivity contribution >= 4 is 35.2 Å². The van der Waals surface area contributed by atoms with E-state index >= 15 is 0 Å². The molecular formula is C35H41N7O8S. The van der Waals surface area contributed by atoms with Crippen LogP contribution in [0.5, 0.6) is 5.75 Å². The number of fused-ring (bicyclic) bond motifs is 2. The molecule has 51 heavy (non-hydrogen) atoms. The van der Waals surface area contributed by atoms with Gasteiger partial charge in [-0.2, -0.15) is 9.90 Å². The van der Waals surface area contributed by atoms with E-state index in [2.05, 4.69) is 15.6 Å². The Hall–Kier alpha value is -4.83. The normalized spacial score (nSPS) is 28.8. The van der Waals surface area contributed by atoms with Gasteiger partial charge in [0.05, 0.1) is 26.4 Å². The van der Waals surface area contributed by atoms with E-state index < -0.39 is 53.6 Å². The Bertz CT molecular complexity index is 1770. The Morgan fingerprint density at radius 3 is 2.67 bits per heavy atom. The predicted octanol–water partition coefficient (Wildman–Crippen LogP) is 3.58. The molecule has 6 atom stereocenters. The van der Waals surface area contributed by atoms with Crippen molar-refractivity contribution in [1.29, 1.82) is 0 Å². The number of carboxylic acid groups (broad SMARTS) is 1. The minimum atomic E-state index is -1.45. The first-order valence-corrected chi connectivity index (χ1v) is 18.2. The van der Waals surface area contributed by atoms with Gasteiger partial charge in [-0.15, -0.1) is 16.4 Å². The molecule has 3 aromatic rings. The van der Waals surface area contributed by atoms with E-state index in [1.54, 1.807) is 13.3 Å². The summed E-state index contributed by atoms with van der Waals surface area (Å²) in [5.41, 5.74) is 0.449. The number of methoxy groups -OCH3 is 1. The molecule has 0 unspecified atom stereocenters. The first-order valence-electron chi connectivity index (χ1n) is 17.3. The zero-order chi connectivity index (χ0) is 35.5. The number of hydrogen-bond acceptors (Lipinski definition) is 11. The van der Waals surface area contributed by atoms with E-state index in [1.165, 1.54) is 21.0 Å². The summed E-state index contributed by atoms with van der Waals surface area (Å²) in [5.74, 6) is -1.82. The molecule has 16 heteroatoms. The number of hydrogen-bond donors (Lipinski definition) is 3. The van der Waals surface area contributed by atoms with Gasteiger partial charge in [0, 0.05) is 42.4 Å².